The van der Waals surface area contributed by atoms with E-state index in [9.17, 15) is 4.79 Å². The molecule has 1 aromatic carbocycles. The van der Waals surface area contributed by atoms with Gasteiger partial charge in [0.05, 0.1) is 19.2 Å². The van der Waals surface area contributed by atoms with Gasteiger partial charge >= 0.3 is 5.97 Å². The first kappa shape index (κ1) is 15.9. The molecule has 106 valence electrons. The van der Waals surface area contributed by atoms with Crippen LogP contribution in [0.4, 0.5) is 0 Å². The summed E-state index contributed by atoms with van der Waals surface area (Å²) in [4.78, 5) is 10.7. The molecule has 19 heavy (non-hydrogen) atoms. The number of carboxylic acids is 1. The summed E-state index contributed by atoms with van der Waals surface area (Å²) in [5.41, 5.74) is 6.04. The molecule has 7 heteroatoms. The Kier molecular flexibility index (Phi) is 5.72. The van der Waals surface area contributed by atoms with E-state index in [4.69, 9.17) is 43.5 Å². The Labute approximate surface area is 121 Å². The summed E-state index contributed by atoms with van der Waals surface area (Å²) in [5, 5.41) is 9.44. The van der Waals surface area contributed by atoms with E-state index in [0.29, 0.717) is 33.5 Å². The molecule has 0 aliphatic carbocycles. The monoisotopic (exact) mass is 307 g/mol. The van der Waals surface area contributed by atoms with Crippen LogP contribution in [0.3, 0.4) is 0 Å². The van der Waals surface area contributed by atoms with Crippen LogP contribution < -0.4 is 15.2 Å². The van der Waals surface area contributed by atoms with E-state index < -0.39 is 12.0 Å². The van der Waals surface area contributed by atoms with Crippen LogP contribution in [0.25, 0.3) is 0 Å². The normalized spacial score (nSPS) is 12.1. The topological polar surface area (TPSA) is 81.8 Å². The van der Waals surface area contributed by atoms with Gasteiger partial charge in [0.25, 0.3) is 0 Å². The average Bonchev–Trinajstić information content (AvgIpc) is 2.37. The van der Waals surface area contributed by atoms with Crippen LogP contribution in [-0.2, 0) is 11.2 Å². The van der Waals surface area contributed by atoms with Gasteiger partial charge in [0, 0.05) is 11.1 Å². The van der Waals surface area contributed by atoms with Gasteiger partial charge in [0.2, 0.25) is 0 Å². The number of methoxy groups -OCH3 is 2. The average molecular weight is 308 g/mol. The van der Waals surface area contributed by atoms with Crippen molar-refractivity contribution in [1.29, 1.82) is 0 Å². The molecule has 0 aromatic heterocycles. The zero-order valence-corrected chi connectivity index (χ0v) is 12.1. The van der Waals surface area contributed by atoms with Crippen molar-refractivity contribution in [3.63, 3.8) is 0 Å². The van der Waals surface area contributed by atoms with Crippen LogP contribution in [0.1, 0.15) is 12.0 Å². The van der Waals surface area contributed by atoms with Gasteiger partial charge in [-0.15, -0.1) is 0 Å². The van der Waals surface area contributed by atoms with Gasteiger partial charge in [-0.25, -0.2) is 0 Å². The van der Waals surface area contributed by atoms with E-state index in [1.807, 2.05) is 0 Å². The summed E-state index contributed by atoms with van der Waals surface area (Å²) in [5.74, 6) is -0.274. The summed E-state index contributed by atoms with van der Waals surface area (Å²) in [6, 6.07) is 0.619. The third kappa shape index (κ3) is 3.65. The van der Waals surface area contributed by atoms with Crippen molar-refractivity contribution >= 4 is 29.2 Å². The third-order valence-electron chi connectivity index (χ3n) is 2.68. The summed E-state index contributed by atoms with van der Waals surface area (Å²) in [6.45, 7) is 0. The number of carboxylic acid groups (broad SMARTS) is 1. The quantitative estimate of drug-likeness (QED) is 0.843. The molecule has 0 spiro atoms. The molecular weight excluding hydrogens is 293 g/mol. The molecule has 0 aliphatic heterocycles. The van der Waals surface area contributed by atoms with Crippen molar-refractivity contribution in [3.05, 3.63) is 21.7 Å². The minimum absolute atomic E-state index is 0.226. The zero-order chi connectivity index (χ0) is 14.6. The molecule has 0 aliphatic rings. The van der Waals surface area contributed by atoms with E-state index >= 15 is 0 Å². The molecule has 0 unspecified atom stereocenters. The van der Waals surface area contributed by atoms with Crippen LogP contribution in [0, 0.1) is 0 Å². The smallest absolute Gasteiger partial charge is 0.320 e. The maximum Gasteiger partial charge on any atom is 0.320 e. The van der Waals surface area contributed by atoms with Crippen molar-refractivity contribution in [1.82, 2.24) is 0 Å². The molecule has 0 saturated carbocycles. The fraction of sp³-hybridized carbons (Fsp3) is 0.417. The molecule has 5 nitrogen and oxygen atoms in total. The summed E-state index contributed by atoms with van der Waals surface area (Å²) in [6.07, 6.45) is 0.565. The molecule has 1 atom stereocenters. The number of rotatable bonds is 6. The minimum atomic E-state index is -1.06. The zero-order valence-electron chi connectivity index (χ0n) is 10.6. The number of carbonyl (C=O) groups is 1. The molecule has 0 heterocycles. The minimum Gasteiger partial charge on any atom is -0.493 e. The standard InChI is InChI=1S/C12H15Cl2NO4/c1-18-9-5-7(13)6(10(14)11(9)19-2)3-4-8(15)12(16)17/h5,8H,3-4,15H2,1-2H3,(H,16,17)/t8-/m1/s1. The van der Waals surface area contributed by atoms with Crippen LogP contribution >= 0.6 is 23.2 Å². The fourth-order valence-corrected chi connectivity index (χ4v) is 2.32. The van der Waals surface area contributed by atoms with E-state index in [2.05, 4.69) is 0 Å². The molecule has 1 aromatic rings. The highest BCUT2D eigenvalue weighted by Crippen LogP contribution is 2.41. The van der Waals surface area contributed by atoms with Crippen LogP contribution in [0.5, 0.6) is 11.5 Å². The first-order chi connectivity index (χ1) is 8.92. The van der Waals surface area contributed by atoms with E-state index in [1.165, 1.54) is 14.2 Å². The van der Waals surface area contributed by atoms with Crippen LogP contribution in [-0.4, -0.2) is 31.3 Å². The van der Waals surface area contributed by atoms with Gasteiger partial charge in [0.15, 0.2) is 11.5 Å². The summed E-state index contributed by atoms with van der Waals surface area (Å²) in [7, 11) is 2.94. The Hall–Kier alpha value is -1.17. The Morgan fingerprint density at radius 1 is 1.42 bits per heavy atom. The van der Waals surface area contributed by atoms with Gasteiger partial charge < -0.3 is 20.3 Å². The van der Waals surface area contributed by atoms with Crippen molar-refractivity contribution in [3.8, 4) is 11.5 Å². The van der Waals surface area contributed by atoms with Gasteiger partial charge in [0.1, 0.15) is 6.04 Å². The van der Waals surface area contributed by atoms with Crippen molar-refractivity contribution < 1.29 is 19.4 Å². The lowest BCUT2D eigenvalue weighted by molar-refractivity contribution is -0.138. The van der Waals surface area contributed by atoms with E-state index in [1.54, 1.807) is 6.07 Å². The van der Waals surface area contributed by atoms with E-state index in [-0.39, 0.29) is 6.42 Å². The van der Waals surface area contributed by atoms with Gasteiger partial charge in [-0.3, -0.25) is 4.79 Å². The second-order valence-electron chi connectivity index (χ2n) is 3.87. The van der Waals surface area contributed by atoms with Crippen molar-refractivity contribution in [2.45, 2.75) is 18.9 Å². The Bertz CT molecular complexity index is 479. The first-order valence-electron chi connectivity index (χ1n) is 5.49. The second kappa shape index (κ2) is 6.84. The molecular formula is C12H15Cl2NO4. The maximum absolute atomic E-state index is 10.7. The van der Waals surface area contributed by atoms with Gasteiger partial charge in [-0.05, 0) is 18.4 Å². The molecule has 0 saturated heterocycles. The van der Waals surface area contributed by atoms with Gasteiger partial charge in [-0.1, -0.05) is 23.2 Å². The lowest BCUT2D eigenvalue weighted by Gasteiger charge is -2.15. The lowest BCUT2D eigenvalue weighted by Crippen LogP contribution is -2.30. The highest BCUT2D eigenvalue weighted by atomic mass is 35.5. The van der Waals surface area contributed by atoms with Crippen molar-refractivity contribution in [2.75, 3.05) is 14.2 Å². The van der Waals surface area contributed by atoms with Crippen LogP contribution in [0.2, 0.25) is 10.0 Å². The SMILES string of the molecule is COc1cc(Cl)c(CC[C@@H](N)C(=O)O)c(Cl)c1OC. The van der Waals surface area contributed by atoms with Crippen LogP contribution in [0.15, 0.2) is 6.07 Å². The number of ether oxygens (including phenoxy) is 2. The third-order valence-corrected chi connectivity index (χ3v) is 3.42. The van der Waals surface area contributed by atoms with Gasteiger partial charge in [-0.2, -0.15) is 0 Å². The number of nitrogens with two attached hydrogens (primary N) is 1. The number of aliphatic carboxylic acids is 1. The second-order valence-corrected chi connectivity index (χ2v) is 4.66. The molecule has 1 rings (SSSR count). The largest absolute Gasteiger partial charge is 0.493 e. The highest BCUT2D eigenvalue weighted by Gasteiger charge is 2.19. The Morgan fingerprint density at radius 3 is 2.53 bits per heavy atom. The Morgan fingerprint density at radius 2 is 2.05 bits per heavy atom. The molecule has 0 amide bonds. The lowest BCUT2D eigenvalue weighted by atomic mass is 10.0. The van der Waals surface area contributed by atoms with Crippen molar-refractivity contribution in [2.24, 2.45) is 5.73 Å². The number of hydrogen-bond acceptors (Lipinski definition) is 4. The van der Waals surface area contributed by atoms with E-state index in [0.717, 1.165) is 0 Å². The molecule has 0 fully saturated rings. The summed E-state index contributed by atoms with van der Waals surface area (Å²) < 4.78 is 10.3. The Balaban J connectivity index is 3.04. The molecule has 0 radical (unpaired) electrons. The predicted molar refractivity (Wildman–Crippen MR) is 73.5 cm³/mol. The fourth-order valence-electron chi connectivity index (χ4n) is 1.61. The number of benzene rings is 1. The predicted octanol–water partition coefficient (Wildman–Crippen LogP) is 2.36. The highest BCUT2D eigenvalue weighted by molar-refractivity contribution is 6.37. The summed E-state index contributed by atoms with van der Waals surface area (Å²) >= 11 is 12.3. The number of halogens is 2. The molecule has 0 bridgehead atoms. The maximum atomic E-state index is 10.7. The molecule has 3 N–H and O–H groups in total. The first-order valence-corrected chi connectivity index (χ1v) is 6.25. The number of hydrogen-bond donors (Lipinski definition) is 2.